The summed E-state index contributed by atoms with van der Waals surface area (Å²) in [7, 11) is 0. The lowest BCUT2D eigenvalue weighted by Crippen LogP contribution is -3.11. The first-order valence-electron chi connectivity index (χ1n) is 2.14. The van der Waals surface area contributed by atoms with E-state index in [0.717, 1.165) is 0 Å². The number of nitrogens with one attached hydrogen (secondary N) is 2. The number of halogens is 2. The number of allylic oxidation sites excluding steroid dienone is 2. The quantitative estimate of drug-likeness (QED) is 0.291. The first kappa shape index (κ1) is 8.78. The van der Waals surface area contributed by atoms with Crippen LogP contribution in [0.3, 0.4) is 0 Å². The largest absolute Gasteiger partial charge is 1.00 e. The summed E-state index contributed by atoms with van der Waals surface area (Å²) < 4.78 is 0. The Morgan fingerprint density at radius 2 is 2.33 bits per heavy atom. The summed E-state index contributed by atoms with van der Waals surface area (Å²) in [6.07, 6.45) is 4.75. The minimum Gasteiger partial charge on any atom is -1.00 e. The van der Waals surface area contributed by atoms with Gasteiger partial charge in [0.15, 0.2) is 0 Å². The molecule has 0 bridgehead atoms. The third-order valence-corrected chi connectivity index (χ3v) is 1.07. The van der Waals surface area contributed by atoms with Crippen molar-refractivity contribution in [2.45, 2.75) is 0 Å². The molecule has 1 aliphatic heterocycles. The molecular formula is C4H5Cl2N2O-. The summed E-state index contributed by atoms with van der Waals surface area (Å²) in [6, 6.07) is 0. The van der Waals surface area contributed by atoms with Gasteiger partial charge in [-0.15, -0.1) is 0 Å². The van der Waals surface area contributed by atoms with Crippen LogP contribution in [0.2, 0.25) is 0 Å². The van der Waals surface area contributed by atoms with Gasteiger partial charge in [-0.1, -0.05) is 0 Å². The lowest BCUT2D eigenvalue weighted by molar-refractivity contribution is -0.843. The number of hydrogen-bond donors (Lipinski definition) is 2. The van der Waals surface area contributed by atoms with Crippen molar-refractivity contribution in [2.75, 3.05) is 0 Å². The van der Waals surface area contributed by atoms with Gasteiger partial charge in [-0.2, -0.15) is 0 Å². The van der Waals surface area contributed by atoms with Gasteiger partial charge in [-0.25, -0.2) is 10.6 Å². The monoisotopic (exact) mass is 167 g/mol. The van der Waals surface area contributed by atoms with Crippen molar-refractivity contribution in [1.82, 2.24) is 5.43 Å². The van der Waals surface area contributed by atoms with Crippen molar-refractivity contribution in [3.63, 3.8) is 0 Å². The molecule has 0 amide bonds. The lowest BCUT2D eigenvalue weighted by Gasteiger charge is -2.20. The Labute approximate surface area is 63.9 Å². The topological polar surface area (TPSA) is 39.5 Å². The van der Waals surface area contributed by atoms with Crippen LogP contribution in [0.15, 0.2) is 23.5 Å². The van der Waals surface area contributed by atoms with Crippen LogP contribution in [-0.2, 0) is 0 Å². The Bertz CT molecular complexity index is 146. The standard InChI is InChI=1S/C4H5ClN2O.ClH/c5-4-2-1-3-6-7(4)8;/h1-3,6-7H;1H/p-1. The third-order valence-electron chi connectivity index (χ3n) is 0.770. The molecule has 52 valence electrons. The minimum absolute atomic E-state index is 0. The highest BCUT2D eigenvalue weighted by atomic mass is 35.5. The van der Waals surface area contributed by atoms with Crippen molar-refractivity contribution in [1.29, 1.82) is 0 Å². The second kappa shape index (κ2) is 3.74. The Morgan fingerprint density at radius 1 is 1.67 bits per heavy atom. The summed E-state index contributed by atoms with van der Waals surface area (Å²) in [6.45, 7) is 0. The number of quaternary nitrogens is 1. The van der Waals surface area contributed by atoms with Gasteiger partial charge in [0.2, 0.25) is 5.16 Å². The van der Waals surface area contributed by atoms with Crippen LogP contribution in [0.5, 0.6) is 0 Å². The van der Waals surface area contributed by atoms with Gasteiger partial charge in [-0.05, 0) is 17.7 Å². The molecule has 1 rings (SSSR count). The van der Waals surface area contributed by atoms with Crippen molar-refractivity contribution in [3.05, 3.63) is 28.7 Å². The molecule has 2 N–H and O–H groups in total. The molecule has 0 spiro atoms. The predicted octanol–water partition coefficient (Wildman–Crippen LogP) is -3.51. The molecule has 1 atom stereocenters. The van der Waals surface area contributed by atoms with Gasteiger partial charge < -0.3 is 17.6 Å². The molecule has 0 saturated carbocycles. The van der Waals surface area contributed by atoms with Gasteiger partial charge in [0.05, 0.1) is 0 Å². The van der Waals surface area contributed by atoms with Gasteiger partial charge in [0.1, 0.15) is 0 Å². The Kier molecular flexibility index (Phi) is 3.65. The molecule has 0 fully saturated rings. The van der Waals surface area contributed by atoms with Crippen molar-refractivity contribution >= 4 is 11.6 Å². The maximum absolute atomic E-state index is 10.4. The fourth-order valence-electron chi connectivity index (χ4n) is 0.401. The molecular weight excluding hydrogens is 163 g/mol. The first-order valence-corrected chi connectivity index (χ1v) is 2.52. The summed E-state index contributed by atoms with van der Waals surface area (Å²) >= 11 is 5.36. The van der Waals surface area contributed by atoms with Gasteiger partial charge in [0, 0.05) is 12.3 Å². The normalized spacial score (nSPS) is 23.8. The maximum Gasteiger partial charge on any atom is 0.224 e. The lowest BCUT2D eigenvalue weighted by atomic mass is 10.5. The van der Waals surface area contributed by atoms with Gasteiger partial charge in [-0.3, -0.25) is 0 Å². The number of hydrogen-bond acceptors (Lipinski definition) is 2. The van der Waals surface area contributed by atoms with E-state index < -0.39 is 0 Å². The average molecular weight is 168 g/mol. The molecule has 0 aromatic heterocycles. The molecule has 1 unspecified atom stereocenters. The Morgan fingerprint density at radius 3 is 2.67 bits per heavy atom. The molecule has 0 aromatic rings. The van der Waals surface area contributed by atoms with Crippen molar-refractivity contribution < 1.29 is 17.6 Å². The zero-order valence-corrected chi connectivity index (χ0v) is 5.91. The van der Waals surface area contributed by atoms with Crippen LogP contribution in [0.1, 0.15) is 0 Å². The Hall–Kier alpha value is -0.220. The van der Waals surface area contributed by atoms with E-state index in [1.807, 2.05) is 0 Å². The molecule has 0 aliphatic carbocycles. The highest BCUT2D eigenvalue weighted by Crippen LogP contribution is 1.91. The highest BCUT2D eigenvalue weighted by Gasteiger charge is 2.00. The van der Waals surface area contributed by atoms with Gasteiger partial charge in [0.25, 0.3) is 0 Å². The minimum atomic E-state index is -0.242. The van der Waals surface area contributed by atoms with Crippen molar-refractivity contribution in [2.24, 2.45) is 0 Å². The molecule has 5 heteroatoms. The smallest absolute Gasteiger partial charge is 0.224 e. The van der Waals surface area contributed by atoms with E-state index in [-0.39, 0.29) is 22.7 Å². The fourth-order valence-corrected chi connectivity index (χ4v) is 0.528. The fraction of sp³-hybridized carbons (Fsp3) is 0. The molecule has 1 aliphatic rings. The maximum atomic E-state index is 10.4. The second-order valence-corrected chi connectivity index (χ2v) is 1.75. The molecule has 0 aromatic carbocycles. The van der Waals surface area contributed by atoms with Gasteiger partial charge >= 0.3 is 0 Å². The molecule has 1 heterocycles. The van der Waals surface area contributed by atoms with E-state index >= 15 is 0 Å². The first-order chi connectivity index (χ1) is 3.80. The Balaban J connectivity index is 0.000000640. The van der Waals surface area contributed by atoms with Crippen LogP contribution < -0.4 is 23.0 Å². The molecule has 0 radical (unpaired) electrons. The summed E-state index contributed by atoms with van der Waals surface area (Å²) in [5, 5.41) is 10.4. The third kappa shape index (κ3) is 2.24. The van der Waals surface area contributed by atoms with E-state index in [2.05, 4.69) is 5.43 Å². The van der Waals surface area contributed by atoms with E-state index in [4.69, 9.17) is 11.6 Å². The number of hydroxylamine groups is 1. The van der Waals surface area contributed by atoms with Crippen molar-refractivity contribution in [3.8, 4) is 0 Å². The van der Waals surface area contributed by atoms with E-state index in [9.17, 15) is 5.21 Å². The van der Waals surface area contributed by atoms with E-state index in [1.54, 1.807) is 12.2 Å². The SMILES string of the molecule is [Cl-].[O-][NH+]1NC=CC=C1Cl. The summed E-state index contributed by atoms with van der Waals surface area (Å²) in [4.78, 5) is 0. The summed E-state index contributed by atoms with van der Waals surface area (Å²) in [5.41, 5.74) is 2.41. The summed E-state index contributed by atoms with van der Waals surface area (Å²) in [5.74, 6) is 0. The zero-order chi connectivity index (χ0) is 5.98. The van der Waals surface area contributed by atoms with Crippen LogP contribution >= 0.6 is 11.6 Å². The predicted molar refractivity (Wildman–Crippen MR) is 30.5 cm³/mol. The molecule has 0 saturated heterocycles. The molecule has 3 nitrogen and oxygen atoms in total. The van der Waals surface area contributed by atoms with Crippen LogP contribution in [0, 0.1) is 5.21 Å². The van der Waals surface area contributed by atoms with E-state index in [1.165, 1.54) is 6.20 Å². The van der Waals surface area contributed by atoms with Crippen LogP contribution in [0.4, 0.5) is 0 Å². The van der Waals surface area contributed by atoms with Crippen LogP contribution in [-0.4, -0.2) is 0 Å². The average Bonchev–Trinajstić information content (AvgIpc) is 1.77. The highest BCUT2D eigenvalue weighted by molar-refractivity contribution is 6.28. The van der Waals surface area contributed by atoms with Crippen LogP contribution in [0.25, 0.3) is 0 Å². The number of rotatable bonds is 0. The zero-order valence-electron chi connectivity index (χ0n) is 4.40. The second-order valence-electron chi connectivity index (χ2n) is 1.35. The van der Waals surface area contributed by atoms with E-state index in [0.29, 0.717) is 0 Å². The molecule has 9 heavy (non-hydrogen) atoms.